The second-order valence-corrected chi connectivity index (χ2v) is 2.72. The third-order valence-electron chi connectivity index (χ3n) is 1.70. The van der Waals surface area contributed by atoms with E-state index >= 15 is 0 Å². The normalized spacial score (nSPS) is 14.6. The van der Waals surface area contributed by atoms with Gasteiger partial charge < -0.3 is 5.32 Å². The van der Waals surface area contributed by atoms with Crippen molar-refractivity contribution in [1.82, 2.24) is 5.32 Å². The predicted molar refractivity (Wildman–Crippen MR) is 57.7 cm³/mol. The monoisotopic (exact) mass is 174 g/mol. The fraction of sp³-hybridized carbons (Fsp3) is 0.182. The smallest absolute Gasteiger partial charge is 0.0570 e. The summed E-state index contributed by atoms with van der Waals surface area (Å²) in [5.41, 5.74) is 1.86. The molecule has 1 aliphatic heterocycles. The highest BCUT2D eigenvalue weighted by atomic mass is 14.9. The summed E-state index contributed by atoms with van der Waals surface area (Å²) in [5, 5.41) is 3.11. The van der Waals surface area contributed by atoms with E-state index in [2.05, 4.69) is 35.6 Å². The molecule has 0 fully saturated rings. The van der Waals surface area contributed by atoms with Gasteiger partial charge in [-0.2, -0.15) is 0 Å². The van der Waals surface area contributed by atoms with E-state index < -0.39 is 0 Å². The summed E-state index contributed by atoms with van der Waals surface area (Å²) >= 11 is 0. The van der Waals surface area contributed by atoms with Crippen LogP contribution in [0.1, 0.15) is 6.42 Å². The Morgan fingerprint density at radius 3 is 3.31 bits per heavy atom. The second-order valence-electron chi connectivity index (χ2n) is 2.72. The van der Waals surface area contributed by atoms with Crippen molar-refractivity contribution < 1.29 is 0 Å². The van der Waals surface area contributed by atoms with Gasteiger partial charge >= 0.3 is 0 Å². The first kappa shape index (κ1) is 9.52. The van der Waals surface area contributed by atoms with Crippen molar-refractivity contribution in [3.05, 3.63) is 48.9 Å². The van der Waals surface area contributed by atoms with Gasteiger partial charge in [0.2, 0.25) is 0 Å². The van der Waals surface area contributed by atoms with Gasteiger partial charge in [-0.05, 0) is 18.6 Å². The number of nitrogens with one attached hydrogen (secondary N) is 1. The van der Waals surface area contributed by atoms with E-state index in [0.29, 0.717) is 6.54 Å². The molecule has 0 radical (unpaired) electrons. The predicted octanol–water partition coefficient (Wildman–Crippen LogP) is 2.19. The first-order valence-corrected chi connectivity index (χ1v) is 4.26. The number of hydrogen-bond acceptors (Lipinski definition) is 2. The molecule has 0 bridgehead atoms. The number of hydrogen-bond donors (Lipinski definition) is 1. The molecule has 68 valence electrons. The van der Waals surface area contributed by atoms with Gasteiger partial charge in [0.1, 0.15) is 0 Å². The van der Waals surface area contributed by atoms with Crippen LogP contribution >= 0.6 is 0 Å². The van der Waals surface area contributed by atoms with Gasteiger partial charge in [-0.1, -0.05) is 25.3 Å². The Morgan fingerprint density at radius 2 is 2.54 bits per heavy atom. The molecule has 2 heteroatoms. The van der Waals surface area contributed by atoms with Gasteiger partial charge in [0.15, 0.2) is 0 Å². The summed E-state index contributed by atoms with van der Waals surface area (Å²) in [6, 6.07) is 0. The molecule has 0 aliphatic carbocycles. The van der Waals surface area contributed by atoms with Crippen molar-refractivity contribution in [2.45, 2.75) is 6.42 Å². The lowest BCUT2D eigenvalue weighted by Gasteiger charge is -2.04. The van der Waals surface area contributed by atoms with E-state index in [0.717, 1.165) is 17.8 Å². The molecule has 0 amide bonds. The minimum Gasteiger partial charge on any atom is -0.380 e. The first-order chi connectivity index (χ1) is 6.33. The Morgan fingerprint density at radius 1 is 1.69 bits per heavy atom. The summed E-state index contributed by atoms with van der Waals surface area (Å²) in [6.45, 7) is 8.08. The standard InChI is InChI=1S/C11H14N2/c1-3-10(2)13-9-11-7-5-4-6-8-12-11/h3-4,6-8,13H,1-2,5,9H2. The summed E-state index contributed by atoms with van der Waals surface area (Å²) in [4.78, 5) is 4.24. The maximum atomic E-state index is 4.24. The highest BCUT2D eigenvalue weighted by molar-refractivity contribution is 5.72. The number of rotatable bonds is 4. The largest absolute Gasteiger partial charge is 0.380 e. The lowest BCUT2D eigenvalue weighted by atomic mass is 10.3. The molecule has 0 aromatic rings. The van der Waals surface area contributed by atoms with Gasteiger partial charge in [0.05, 0.1) is 12.2 Å². The number of allylic oxidation sites excluding steroid dienone is 4. The zero-order chi connectivity index (χ0) is 9.52. The van der Waals surface area contributed by atoms with Crippen LogP contribution in [0.3, 0.4) is 0 Å². The SMILES string of the molecule is C=CC(=C)NCC1=CCC=CC=N1. The van der Waals surface area contributed by atoms with Crippen molar-refractivity contribution >= 4 is 6.21 Å². The molecule has 1 N–H and O–H groups in total. The highest BCUT2D eigenvalue weighted by Gasteiger charge is 1.94. The van der Waals surface area contributed by atoms with Gasteiger partial charge in [0.25, 0.3) is 0 Å². The maximum Gasteiger partial charge on any atom is 0.0570 e. The van der Waals surface area contributed by atoms with Gasteiger partial charge in [-0.25, -0.2) is 0 Å². The van der Waals surface area contributed by atoms with Gasteiger partial charge in [-0.3, -0.25) is 4.99 Å². The second kappa shape index (κ2) is 5.14. The molecule has 0 saturated heterocycles. The molecule has 2 nitrogen and oxygen atoms in total. The van der Waals surface area contributed by atoms with E-state index in [4.69, 9.17) is 0 Å². The van der Waals surface area contributed by atoms with Crippen LogP contribution in [0.2, 0.25) is 0 Å². The molecule has 1 rings (SSSR count). The zero-order valence-electron chi connectivity index (χ0n) is 7.66. The first-order valence-electron chi connectivity index (χ1n) is 4.26. The molecular weight excluding hydrogens is 160 g/mol. The third-order valence-corrected chi connectivity index (χ3v) is 1.70. The molecule has 1 aliphatic rings. The van der Waals surface area contributed by atoms with Gasteiger partial charge in [0, 0.05) is 11.9 Å². The average molecular weight is 174 g/mol. The minimum atomic E-state index is 0.711. The van der Waals surface area contributed by atoms with Crippen LogP contribution in [0.15, 0.2) is 53.8 Å². The Labute approximate surface area is 79.1 Å². The fourth-order valence-corrected chi connectivity index (χ4v) is 0.929. The van der Waals surface area contributed by atoms with Crippen molar-refractivity contribution in [2.24, 2.45) is 4.99 Å². The summed E-state index contributed by atoms with van der Waals surface area (Å²) in [5.74, 6) is 0. The Hall–Kier alpha value is -1.57. The van der Waals surface area contributed by atoms with E-state index in [9.17, 15) is 0 Å². The van der Waals surface area contributed by atoms with Crippen molar-refractivity contribution in [2.75, 3.05) is 6.54 Å². The highest BCUT2D eigenvalue weighted by Crippen LogP contribution is 2.02. The molecule has 0 unspecified atom stereocenters. The number of nitrogens with zero attached hydrogens (tertiary/aromatic N) is 1. The lowest BCUT2D eigenvalue weighted by Crippen LogP contribution is -2.13. The lowest BCUT2D eigenvalue weighted by molar-refractivity contribution is 0.887. The summed E-state index contributed by atoms with van der Waals surface area (Å²) in [6.07, 6.45) is 10.5. The summed E-state index contributed by atoms with van der Waals surface area (Å²) < 4.78 is 0. The van der Waals surface area contributed by atoms with Crippen LogP contribution in [-0.4, -0.2) is 12.8 Å². The number of aliphatic imine (C=N–C) groups is 1. The Kier molecular flexibility index (Phi) is 3.76. The average Bonchev–Trinajstić information content (AvgIpc) is 2.42. The molecule has 1 heterocycles. The fourth-order valence-electron chi connectivity index (χ4n) is 0.929. The molecule has 0 saturated carbocycles. The molecule has 0 spiro atoms. The van der Waals surface area contributed by atoms with Crippen LogP contribution in [-0.2, 0) is 0 Å². The topological polar surface area (TPSA) is 24.4 Å². The maximum absolute atomic E-state index is 4.24. The van der Waals surface area contributed by atoms with Crippen molar-refractivity contribution in [3.63, 3.8) is 0 Å². The Balaban J connectivity index is 2.41. The van der Waals surface area contributed by atoms with E-state index in [-0.39, 0.29) is 0 Å². The minimum absolute atomic E-state index is 0.711. The molecule has 13 heavy (non-hydrogen) atoms. The van der Waals surface area contributed by atoms with E-state index in [1.54, 1.807) is 12.3 Å². The molecule has 0 aromatic heterocycles. The van der Waals surface area contributed by atoms with Crippen molar-refractivity contribution in [3.8, 4) is 0 Å². The summed E-state index contributed by atoms with van der Waals surface area (Å²) in [7, 11) is 0. The van der Waals surface area contributed by atoms with E-state index in [1.165, 1.54) is 0 Å². The molecule has 0 aromatic carbocycles. The van der Waals surface area contributed by atoms with E-state index in [1.807, 2.05) is 6.08 Å². The van der Waals surface area contributed by atoms with Gasteiger partial charge in [-0.15, -0.1) is 0 Å². The van der Waals surface area contributed by atoms with Crippen LogP contribution in [0.5, 0.6) is 0 Å². The zero-order valence-corrected chi connectivity index (χ0v) is 7.66. The van der Waals surface area contributed by atoms with Crippen LogP contribution in [0.25, 0.3) is 0 Å². The van der Waals surface area contributed by atoms with Crippen LogP contribution in [0.4, 0.5) is 0 Å². The quantitative estimate of drug-likeness (QED) is 0.649. The third kappa shape index (κ3) is 3.56. The Bertz CT molecular complexity index is 282. The van der Waals surface area contributed by atoms with Crippen molar-refractivity contribution in [1.29, 1.82) is 0 Å². The molecule has 0 atom stereocenters. The van der Waals surface area contributed by atoms with Crippen LogP contribution < -0.4 is 5.32 Å². The molecular formula is C11H14N2. The van der Waals surface area contributed by atoms with Crippen LogP contribution in [0, 0.1) is 0 Å².